The van der Waals surface area contributed by atoms with Crippen molar-refractivity contribution in [3.05, 3.63) is 29.8 Å². The molecule has 0 unspecified atom stereocenters. The van der Waals surface area contributed by atoms with E-state index in [-0.39, 0.29) is 5.75 Å². The van der Waals surface area contributed by atoms with Gasteiger partial charge >= 0.3 is 0 Å². The molecule has 0 radical (unpaired) electrons. The van der Waals surface area contributed by atoms with Crippen LogP contribution in [0.2, 0.25) is 0 Å². The zero-order chi connectivity index (χ0) is 15.6. The summed E-state index contributed by atoms with van der Waals surface area (Å²) in [5, 5.41) is 0. The molecular formula is C17H27ClO2S. The Bertz CT molecular complexity index is 497. The number of sulfone groups is 1. The fourth-order valence-electron chi connectivity index (χ4n) is 2.46. The SMILES string of the molecule is Cc1ccccc1S(=O)(=O)CCCCCCCCCCCl. The molecule has 0 aromatic heterocycles. The van der Waals surface area contributed by atoms with E-state index in [4.69, 9.17) is 11.6 Å². The summed E-state index contributed by atoms with van der Waals surface area (Å²) in [7, 11) is -3.11. The monoisotopic (exact) mass is 330 g/mol. The van der Waals surface area contributed by atoms with Crippen LogP contribution in [-0.4, -0.2) is 20.1 Å². The van der Waals surface area contributed by atoms with E-state index >= 15 is 0 Å². The maximum atomic E-state index is 12.2. The highest BCUT2D eigenvalue weighted by Gasteiger charge is 2.15. The highest BCUT2D eigenvalue weighted by atomic mass is 35.5. The first kappa shape index (κ1) is 18.5. The van der Waals surface area contributed by atoms with Crippen LogP contribution in [0.5, 0.6) is 0 Å². The third kappa shape index (κ3) is 7.32. The Morgan fingerprint density at radius 3 is 1.95 bits per heavy atom. The third-order valence-corrected chi connectivity index (χ3v) is 5.95. The summed E-state index contributed by atoms with van der Waals surface area (Å²) in [5.41, 5.74) is 0.844. The molecule has 0 N–H and O–H groups in total. The number of halogens is 1. The quantitative estimate of drug-likeness (QED) is 0.416. The van der Waals surface area contributed by atoms with Gasteiger partial charge in [0.15, 0.2) is 9.84 Å². The van der Waals surface area contributed by atoms with Gasteiger partial charge in [0.25, 0.3) is 0 Å². The van der Waals surface area contributed by atoms with Crippen molar-refractivity contribution in [3.63, 3.8) is 0 Å². The number of hydrogen-bond donors (Lipinski definition) is 0. The van der Waals surface area contributed by atoms with Crippen LogP contribution in [0.3, 0.4) is 0 Å². The van der Waals surface area contributed by atoms with Crippen LogP contribution in [0.25, 0.3) is 0 Å². The maximum absolute atomic E-state index is 12.2. The highest BCUT2D eigenvalue weighted by molar-refractivity contribution is 7.91. The van der Waals surface area contributed by atoms with Gasteiger partial charge in [-0.1, -0.05) is 56.7 Å². The van der Waals surface area contributed by atoms with Crippen molar-refractivity contribution in [3.8, 4) is 0 Å². The molecule has 0 spiro atoms. The predicted octanol–water partition coefficient (Wildman–Crippen LogP) is 5.13. The first-order valence-electron chi connectivity index (χ1n) is 7.92. The zero-order valence-corrected chi connectivity index (χ0v) is 14.6. The van der Waals surface area contributed by atoms with Gasteiger partial charge in [-0.3, -0.25) is 0 Å². The van der Waals surface area contributed by atoms with Crippen molar-refractivity contribution in [1.82, 2.24) is 0 Å². The lowest BCUT2D eigenvalue weighted by Gasteiger charge is -2.07. The Hall–Kier alpha value is -0.540. The molecule has 0 aliphatic carbocycles. The summed E-state index contributed by atoms with van der Waals surface area (Å²) in [4.78, 5) is 0.492. The van der Waals surface area contributed by atoms with Gasteiger partial charge in [0.05, 0.1) is 10.6 Å². The van der Waals surface area contributed by atoms with Crippen molar-refractivity contribution >= 4 is 21.4 Å². The van der Waals surface area contributed by atoms with E-state index in [2.05, 4.69) is 0 Å². The van der Waals surface area contributed by atoms with Crippen LogP contribution in [0.1, 0.15) is 56.9 Å². The first-order chi connectivity index (χ1) is 10.1. The summed E-state index contributed by atoms with van der Waals surface area (Å²) in [6.07, 6.45) is 8.90. The number of benzene rings is 1. The molecule has 21 heavy (non-hydrogen) atoms. The Morgan fingerprint density at radius 2 is 1.38 bits per heavy atom. The Labute approximate surface area is 134 Å². The van der Waals surface area contributed by atoms with Gasteiger partial charge in [-0.25, -0.2) is 8.42 Å². The van der Waals surface area contributed by atoms with Gasteiger partial charge in [0, 0.05) is 5.88 Å². The van der Waals surface area contributed by atoms with Crippen LogP contribution in [0, 0.1) is 6.92 Å². The van der Waals surface area contributed by atoms with Crippen molar-refractivity contribution in [1.29, 1.82) is 0 Å². The van der Waals surface area contributed by atoms with E-state index in [1.807, 2.05) is 19.1 Å². The van der Waals surface area contributed by atoms with Crippen molar-refractivity contribution in [2.45, 2.75) is 63.2 Å². The van der Waals surface area contributed by atoms with Gasteiger partial charge in [-0.05, 0) is 31.4 Å². The second kappa shape index (κ2) is 10.2. The van der Waals surface area contributed by atoms with Crippen LogP contribution < -0.4 is 0 Å². The number of aryl methyl sites for hydroxylation is 1. The molecule has 1 rings (SSSR count). The lowest BCUT2D eigenvalue weighted by Crippen LogP contribution is -2.08. The maximum Gasteiger partial charge on any atom is 0.178 e. The molecule has 1 aromatic rings. The largest absolute Gasteiger partial charge is 0.224 e. The molecule has 120 valence electrons. The highest BCUT2D eigenvalue weighted by Crippen LogP contribution is 2.18. The van der Waals surface area contributed by atoms with E-state index in [0.29, 0.717) is 4.90 Å². The van der Waals surface area contributed by atoms with Crippen LogP contribution in [-0.2, 0) is 9.84 Å². The number of unbranched alkanes of at least 4 members (excludes halogenated alkanes) is 7. The van der Waals surface area contributed by atoms with Gasteiger partial charge in [-0.15, -0.1) is 11.6 Å². The van der Waals surface area contributed by atoms with Crippen molar-refractivity contribution in [2.24, 2.45) is 0 Å². The van der Waals surface area contributed by atoms with Crippen LogP contribution >= 0.6 is 11.6 Å². The summed E-state index contributed by atoms with van der Waals surface area (Å²) >= 11 is 5.63. The van der Waals surface area contributed by atoms with Gasteiger partial charge in [-0.2, -0.15) is 0 Å². The molecule has 0 fully saturated rings. The molecule has 4 heteroatoms. The lowest BCUT2D eigenvalue weighted by molar-refractivity contribution is 0.572. The van der Waals surface area contributed by atoms with Crippen molar-refractivity contribution < 1.29 is 8.42 Å². The molecule has 1 aromatic carbocycles. The fourth-order valence-corrected chi connectivity index (χ4v) is 4.30. The minimum absolute atomic E-state index is 0.268. The zero-order valence-electron chi connectivity index (χ0n) is 13.0. The molecule has 0 bridgehead atoms. The van der Waals surface area contributed by atoms with Gasteiger partial charge < -0.3 is 0 Å². The Kier molecular flexibility index (Phi) is 9.02. The molecule has 0 saturated carbocycles. The smallest absolute Gasteiger partial charge is 0.178 e. The van der Waals surface area contributed by atoms with E-state index in [0.717, 1.165) is 37.1 Å². The summed E-state index contributed by atoms with van der Waals surface area (Å²) < 4.78 is 24.5. The van der Waals surface area contributed by atoms with Crippen LogP contribution in [0.15, 0.2) is 29.2 Å². The van der Waals surface area contributed by atoms with E-state index in [1.54, 1.807) is 12.1 Å². The van der Waals surface area contributed by atoms with Crippen molar-refractivity contribution in [2.75, 3.05) is 11.6 Å². The summed E-state index contributed by atoms with van der Waals surface area (Å²) in [6, 6.07) is 7.23. The number of hydrogen-bond acceptors (Lipinski definition) is 2. The minimum Gasteiger partial charge on any atom is -0.224 e. The average molecular weight is 331 g/mol. The molecule has 2 nitrogen and oxygen atoms in total. The molecule has 0 aliphatic heterocycles. The Balaban J connectivity index is 2.19. The third-order valence-electron chi connectivity index (χ3n) is 3.73. The Morgan fingerprint density at radius 1 is 0.857 bits per heavy atom. The number of alkyl halides is 1. The van der Waals surface area contributed by atoms with Crippen LogP contribution in [0.4, 0.5) is 0 Å². The molecule has 0 amide bonds. The molecule has 0 aliphatic rings. The van der Waals surface area contributed by atoms with E-state index < -0.39 is 9.84 Å². The summed E-state index contributed by atoms with van der Waals surface area (Å²) in [5.74, 6) is 1.03. The second-order valence-corrected chi connectivity index (χ2v) is 8.06. The first-order valence-corrected chi connectivity index (χ1v) is 10.1. The predicted molar refractivity (Wildman–Crippen MR) is 90.9 cm³/mol. The standard InChI is InChI=1S/C17H27ClO2S/c1-16-12-8-9-13-17(16)21(19,20)15-11-7-5-3-2-4-6-10-14-18/h8-9,12-13H,2-7,10-11,14-15H2,1H3. The minimum atomic E-state index is -3.11. The fraction of sp³-hybridized carbons (Fsp3) is 0.647. The van der Waals surface area contributed by atoms with Gasteiger partial charge in [0.2, 0.25) is 0 Å². The van der Waals surface area contributed by atoms with Gasteiger partial charge in [0.1, 0.15) is 0 Å². The molecule has 0 saturated heterocycles. The molecule has 0 heterocycles. The average Bonchev–Trinajstić information content (AvgIpc) is 2.46. The number of rotatable bonds is 11. The summed E-state index contributed by atoms with van der Waals surface area (Å²) in [6.45, 7) is 1.85. The normalized spacial score (nSPS) is 11.7. The van der Waals surface area contributed by atoms with E-state index in [1.165, 1.54) is 25.7 Å². The van der Waals surface area contributed by atoms with E-state index in [9.17, 15) is 8.42 Å². The topological polar surface area (TPSA) is 34.1 Å². The molecular weight excluding hydrogens is 304 g/mol. The molecule has 0 atom stereocenters. The second-order valence-electron chi connectivity index (χ2n) is 5.60. The lowest BCUT2D eigenvalue weighted by atomic mass is 10.1.